The maximum atomic E-state index is 8.44. The van der Waals surface area contributed by atoms with Crippen molar-refractivity contribution in [2.75, 3.05) is 52.4 Å². The van der Waals surface area contributed by atoms with Gasteiger partial charge in [-0.25, -0.2) is 0 Å². The summed E-state index contributed by atoms with van der Waals surface area (Å²) in [5, 5.41) is 15.3. The molecule has 0 aliphatic carbocycles. The van der Waals surface area contributed by atoms with Gasteiger partial charge in [0.15, 0.2) is 0 Å². The summed E-state index contributed by atoms with van der Waals surface area (Å²) in [5.74, 6) is 0. The molecule has 0 fully saturated rings. The summed E-state index contributed by atoms with van der Waals surface area (Å²) in [6.07, 6.45) is 21.9. The minimum Gasteiger partial charge on any atom is -0.870 e. The predicted octanol–water partition coefficient (Wildman–Crippen LogP) is 11.0. The molecule has 2 N–H and O–H groups in total. The second-order valence-corrected chi connectivity index (χ2v) is 13.2. The molecular weight excluding hydrogens is 584 g/mol. The first kappa shape index (κ1) is 51.9. The van der Waals surface area contributed by atoms with Crippen LogP contribution in [-0.2, 0) is 0 Å². The lowest BCUT2D eigenvalue weighted by Crippen LogP contribution is -2.50. The molecule has 0 bridgehead atoms. The first-order valence-electron chi connectivity index (χ1n) is 19.4. The van der Waals surface area contributed by atoms with Gasteiger partial charge in [-0.2, -0.15) is 0 Å². The second-order valence-electron chi connectivity index (χ2n) is 13.2. The Balaban J connectivity index is -0.000000288. The standard InChI is InChI=1S/2C16H36N.C8H8.CH2O3.H2O/c2*1-5-9-13-17(14-10-6-2,15-11-7-3)16-12-8-4;1-2-8-6-4-3-5-7-8;2-1(3)4;/h2*5-16H2,1-4H3;2-7H,1H2;(H2,2,3,4);1H2/q2*+1;;;/p-2. The Hall–Kier alpha value is -1.89. The third-order valence-electron chi connectivity index (χ3n) is 8.92. The van der Waals surface area contributed by atoms with E-state index in [-0.39, 0.29) is 5.48 Å². The second kappa shape index (κ2) is 38.6. The molecule has 0 aliphatic rings. The van der Waals surface area contributed by atoms with Gasteiger partial charge in [-0.15, -0.1) is 0 Å². The number of hydrogen-bond acceptors (Lipinski definition) is 3. The molecule has 0 aliphatic heterocycles. The highest BCUT2D eigenvalue weighted by atomic mass is 16.6. The van der Waals surface area contributed by atoms with E-state index < -0.39 is 6.16 Å². The van der Waals surface area contributed by atoms with E-state index in [1.54, 1.807) is 0 Å². The monoisotopic (exact) mass is 667 g/mol. The number of unbranched alkanes of at least 4 members (excludes halogenated alkanes) is 8. The molecule has 6 nitrogen and oxygen atoms in total. The number of hydrogen-bond donors (Lipinski definition) is 1. The van der Waals surface area contributed by atoms with E-state index in [4.69, 9.17) is 15.0 Å². The Morgan fingerprint density at radius 3 is 0.872 bits per heavy atom. The minimum absolute atomic E-state index is 0. The third-order valence-corrected chi connectivity index (χ3v) is 8.92. The normalized spacial score (nSPS) is 10.6. The summed E-state index contributed by atoms with van der Waals surface area (Å²) in [7, 11) is 0. The lowest BCUT2D eigenvalue weighted by Gasteiger charge is -2.39. The maximum absolute atomic E-state index is 8.44. The first-order valence-corrected chi connectivity index (χ1v) is 19.4. The number of carboxylic acid groups (broad SMARTS) is 2. The average molecular weight is 667 g/mol. The highest BCUT2D eigenvalue weighted by Crippen LogP contribution is 2.17. The van der Waals surface area contributed by atoms with Crippen molar-refractivity contribution in [3.05, 3.63) is 42.5 Å². The molecule has 0 saturated heterocycles. The minimum atomic E-state index is -2.08. The average Bonchev–Trinajstić information content (AvgIpc) is 3.07. The van der Waals surface area contributed by atoms with E-state index in [1.807, 2.05) is 36.4 Å². The number of benzene rings is 1. The van der Waals surface area contributed by atoms with Gasteiger partial charge >= 0.3 is 0 Å². The Labute approximate surface area is 294 Å². The Morgan fingerprint density at radius 1 is 0.553 bits per heavy atom. The van der Waals surface area contributed by atoms with Gasteiger partial charge in [-0.3, -0.25) is 0 Å². The van der Waals surface area contributed by atoms with Gasteiger partial charge in [0, 0.05) is 0 Å². The Kier molecular flexibility index (Phi) is 42.6. The fourth-order valence-corrected chi connectivity index (χ4v) is 5.88. The zero-order valence-electron chi connectivity index (χ0n) is 32.7. The van der Waals surface area contributed by atoms with E-state index in [0.717, 1.165) is 0 Å². The first-order chi connectivity index (χ1) is 22.1. The molecule has 1 aromatic rings. The molecule has 0 radical (unpaired) electrons. The maximum Gasteiger partial charge on any atom is 0.249 e. The summed E-state index contributed by atoms with van der Waals surface area (Å²) < 4.78 is 2.84. The smallest absolute Gasteiger partial charge is 0.249 e. The van der Waals surface area contributed by atoms with Crippen molar-refractivity contribution in [3.63, 3.8) is 0 Å². The van der Waals surface area contributed by atoms with Crippen LogP contribution in [0.25, 0.3) is 6.08 Å². The van der Waals surface area contributed by atoms with E-state index in [2.05, 4.69) is 62.0 Å². The molecule has 1 rings (SSSR count). The molecule has 1 aromatic carbocycles. The molecule has 6 heteroatoms. The van der Waals surface area contributed by atoms with Crippen molar-refractivity contribution < 1.29 is 29.4 Å². The van der Waals surface area contributed by atoms with Crippen LogP contribution in [0, 0.1) is 0 Å². The van der Waals surface area contributed by atoms with E-state index in [1.165, 1.54) is 170 Å². The highest BCUT2D eigenvalue weighted by Gasteiger charge is 2.25. The van der Waals surface area contributed by atoms with E-state index in [9.17, 15) is 0 Å². The topological polar surface area (TPSA) is 90.4 Å². The molecule has 0 saturated carbocycles. The van der Waals surface area contributed by atoms with Gasteiger partial charge in [-0.1, -0.05) is 150 Å². The van der Waals surface area contributed by atoms with E-state index in [0.29, 0.717) is 0 Å². The predicted molar refractivity (Wildman–Crippen MR) is 205 cm³/mol. The van der Waals surface area contributed by atoms with Crippen molar-refractivity contribution in [2.24, 2.45) is 0 Å². The van der Waals surface area contributed by atoms with Crippen molar-refractivity contribution in [3.8, 4) is 0 Å². The van der Waals surface area contributed by atoms with Crippen LogP contribution >= 0.6 is 0 Å². The molecule has 0 unspecified atom stereocenters. The quantitative estimate of drug-likeness (QED) is 0.105. The molecular formula is C41H82N2O4. The molecule has 0 atom stereocenters. The van der Waals surface area contributed by atoms with Gasteiger partial charge in [0.25, 0.3) is 0 Å². The van der Waals surface area contributed by atoms with Gasteiger partial charge < -0.3 is 29.4 Å². The molecule has 0 amide bonds. The van der Waals surface area contributed by atoms with Crippen LogP contribution in [0.5, 0.6) is 0 Å². The lowest BCUT2D eigenvalue weighted by atomic mass is 10.1. The zero-order valence-corrected chi connectivity index (χ0v) is 32.7. The van der Waals surface area contributed by atoms with Gasteiger partial charge in [0.1, 0.15) is 0 Å². The van der Waals surface area contributed by atoms with Crippen LogP contribution in [-0.4, -0.2) is 78.1 Å². The van der Waals surface area contributed by atoms with Crippen LogP contribution in [0.2, 0.25) is 0 Å². The van der Waals surface area contributed by atoms with Crippen molar-refractivity contribution >= 4 is 12.2 Å². The summed E-state index contributed by atoms with van der Waals surface area (Å²) >= 11 is 0. The van der Waals surface area contributed by atoms with Crippen molar-refractivity contribution in [1.82, 2.24) is 0 Å². The van der Waals surface area contributed by atoms with Crippen molar-refractivity contribution in [2.45, 2.75) is 158 Å². The fourth-order valence-electron chi connectivity index (χ4n) is 5.88. The number of nitrogens with zero attached hydrogens (tertiary/aromatic N) is 2. The molecule has 0 heterocycles. The summed E-state index contributed by atoms with van der Waals surface area (Å²) in [6.45, 7) is 33.7. The van der Waals surface area contributed by atoms with Gasteiger partial charge in [-0.05, 0) is 56.9 Å². The summed E-state index contributed by atoms with van der Waals surface area (Å²) in [6, 6.07) is 10.0. The van der Waals surface area contributed by atoms with Crippen LogP contribution < -0.4 is 5.11 Å². The zero-order chi connectivity index (χ0) is 35.4. The van der Waals surface area contributed by atoms with Crippen molar-refractivity contribution in [1.29, 1.82) is 0 Å². The molecule has 280 valence electrons. The number of rotatable bonds is 25. The summed E-state index contributed by atoms with van der Waals surface area (Å²) in [5.41, 5.74) is 1.17. The largest absolute Gasteiger partial charge is 0.870 e. The summed E-state index contributed by atoms with van der Waals surface area (Å²) in [4.78, 5) is 8.44. The SMILES string of the molecule is C=Cc1ccccc1.CCCC[N+](CCCC)(CCCC)CCCC.CCCC[N+](CCCC)(CCCC)CCCC.O=C([O-])O.[OH-]. The van der Waals surface area contributed by atoms with Crippen LogP contribution in [0.1, 0.15) is 164 Å². The van der Waals surface area contributed by atoms with Gasteiger partial charge in [0.05, 0.1) is 52.4 Å². The van der Waals surface area contributed by atoms with Gasteiger partial charge in [0.2, 0.25) is 6.16 Å². The Bertz CT molecular complexity index is 642. The lowest BCUT2D eigenvalue weighted by molar-refractivity contribution is -0.929. The third kappa shape index (κ3) is 33.8. The molecule has 0 aromatic heterocycles. The highest BCUT2D eigenvalue weighted by molar-refractivity contribution is 5.50. The van der Waals surface area contributed by atoms with E-state index >= 15 is 0 Å². The Morgan fingerprint density at radius 2 is 0.745 bits per heavy atom. The fraction of sp³-hybridized carbons (Fsp3) is 0.780. The molecule has 0 spiro atoms. The number of quaternary nitrogens is 2. The number of carbonyl (C=O) groups is 1. The van der Waals surface area contributed by atoms with Crippen LogP contribution in [0.4, 0.5) is 4.79 Å². The molecule has 47 heavy (non-hydrogen) atoms. The van der Waals surface area contributed by atoms with Crippen LogP contribution in [0.15, 0.2) is 36.9 Å². The van der Waals surface area contributed by atoms with Crippen LogP contribution in [0.3, 0.4) is 0 Å².